The monoisotopic (exact) mass is 366 g/mol. The van der Waals surface area contributed by atoms with Crippen molar-refractivity contribution in [2.24, 2.45) is 0 Å². The maximum absolute atomic E-state index is 13.5. The first-order chi connectivity index (χ1) is 13.1. The van der Waals surface area contributed by atoms with Gasteiger partial charge in [-0.05, 0) is 55.5 Å². The van der Waals surface area contributed by atoms with Crippen LogP contribution in [0.15, 0.2) is 54.6 Å². The van der Waals surface area contributed by atoms with E-state index in [1.165, 1.54) is 11.6 Å². The lowest BCUT2D eigenvalue weighted by Gasteiger charge is -2.38. The summed E-state index contributed by atoms with van der Waals surface area (Å²) in [5, 5.41) is 0. The summed E-state index contributed by atoms with van der Waals surface area (Å²) < 4.78 is 13.5. The number of likely N-dealkylation sites (tertiary alicyclic amines) is 2. The largest absolute Gasteiger partial charge is 0.333 e. The Hall–Kier alpha value is -2.20. The smallest absolute Gasteiger partial charge is 0.223 e. The van der Waals surface area contributed by atoms with Crippen molar-refractivity contribution < 1.29 is 9.18 Å². The number of nitrogens with zero attached hydrogens (tertiary/aromatic N) is 2. The Morgan fingerprint density at radius 1 is 0.889 bits per heavy atom. The lowest BCUT2D eigenvalue weighted by Crippen LogP contribution is -2.45. The Morgan fingerprint density at radius 2 is 1.70 bits per heavy atom. The van der Waals surface area contributed by atoms with Gasteiger partial charge in [-0.25, -0.2) is 4.39 Å². The van der Waals surface area contributed by atoms with E-state index < -0.39 is 0 Å². The molecule has 0 aromatic heterocycles. The van der Waals surface area contributed by atoms with E-state index in [1.807, 2.05) is 24.3 Å². The summed E-state index contributed by atoms with van der Waals surface area (Å²) >= 11 is 0. The van der Waals surface area contributed by atoms with Crippen LogP contribution in [-0.4, -0.2) is 34.3 Å². The SMILES string of the molecule is O=C1CC[C@@]2(CCCN(Cc3cccc(F)c3)CC2)N1Cc1ccccc1. The summed E-state index contributed by atoms with van der Waals surface area (Å²) in [5.74, 6) is 0.117. The first kappa shape index (κ1) is 18.2. The third-order valence-electron chi connectivity index (χ3n) is 6.17. The average molecular weight is 366 g/mol. The molecule has 2 aromatic rings. The van der Waals surface area contributed by atoms with Crippen molar-refractivity contribution in [2.75, 3.05) is 13.1 Å². The van der Waals surface area contributed by atoms with Crippen molar-refractivity contribution in [3.63, 3.8) is 0 Å². The number of hydrogen-bond acceptors (Lipinski definition) is 2. The zero-order valence-corrected chi connectivity index (χ0v) is 15.7. The molecular formula is C23H27FN2O. The molecule has 0 radical (unpaired) electrons. The Morgan fingerprint density at radius 3 is 2.52 bits per heavy atom. The number of halogens is 1. The van der Waals surface area contributed by atoms with Gasteiger partial charge in [0.1, 0.15) is 5.82 Å². The normalized spacial score (nSPS) is 23.7. The molecule has 0 bridgehead atoms. The molecule has 2 aliphatic heterocycles. The van der Waals surface area contributed by atoms with Crippen LogP contribution in [0.2, 0.25) is 0 Å². The van der Waals surface area contributed by atoms with E-state index in [-0.39, 0.29) is 17.3 Å². The number of rotatable bonds is 4. The number of carbonyl (C=O) groups is 1. The first-order valence-corrected chi connectivity index (χ1v) is 9.96. The number of carbonyl (C=O) groups excluding carboxylic acids is 1. The fourth-order valence-corrected chi connectivity index (χ4v) is 4.70. The van der Waals surface area contributed by atoms with Gasteiger partial charge in [0.25, 0.3) is 0 Å². The second kappa shape index (κ2) is 7.81. The molecule has 4 heteroatoms. The van der Waals surface area contributed by atoms with Gasteiger partial charge in [-0.3, -0.25) is 9.69 Å². The molecular weight excluding hydrogens is 339 g/mol. The van der Waals surface area contributed by atoms with Gasteiger partial charge >= 0.3 is 0 Å². The minimum atomic E-state index is -0.172. The van der Waals surface area contributed by atoms with Crippen LogP contribution >= 0.6 is 0 Å². The van der Waals surface area contributed by atoms with Crippen molar-refractivity contribution in [3.8, 4) is 0 Å². The van der Waals surface area contributed by atoms with Gasteiger partial charge < -0.3 is 4.90 Å². The van der Waals surface area contributed by atoms with Crippen molar-refractivity contribution in [2.45, 2.75) is 50.7 Å². The molecule has 4 rings (SSSR count). The highest BCUT2D eigenvalue weighted by Crippen LogP contribution is 2.40. The molecule has 2 aromatic carbocycles. The lowest BCUT2D eigenvalue weighted by molar-refractivity contribution is -0.132. The summed E-state index contributed by atoms with van der Waals surface area (Å²) in [7, 11) is 0. The van der Waals surface area contributed by atoms with Crippen LogP contribution in [0.25, 0.3) is 0 Å². The molecule has 2 heterocycles. The van der Waals surface area contributed by atoms with E-state index in [4.69, 9.17) is 0 Å². The van der Waals surface area contributed by atoms with E-state index in [1.54, 1.807) is 12.1 Å². The average Bonchev–Trinajstić information content (AvgIpc) is 2.84. The quantitative estimate of drug-likeness (QED) is 0.802. The summed E-state index contributed by atoms with van der Waals surface area (Å²) in [6, 6.07) is 17.2. The van der Waals surface area contributed by atoms with E-state index in [0.717, 1.165) is 50.9 Å². The number of amides is 1. The number of hydrogen-bond donors (Lipinski definition) is 0. The minimum absolute atomic E-state index is 0.0103. The van der Waals surface area contributed by atoms with Crippen LogP contribution in [0.3, 0.4) is 0 Å². The van der Waals surface area contributed by atoms with E-state index >= 15 is 0 Å². The predicted molar refractivity (Wildman–Crippen MR) is 104 cm³/mol. The molecule has 27 heavy (non-hydrogen) atoms. The Bertz CT molecular complexity index is 794. The molecule has 142 valence electrons. The highest BCUT2D eigenvalue weighted by atomic mass is 19.1. The molecule has 1 amide bonds. The van der Waals surface area contributed by atoms with Gasteiger partial charge in [0.15, 0.2) is 0 Å². The summed E-state index contributed by atoms with van der Waals surface area (Å²) in [4.78, 5) is 17.2. The van der Waals surface area contributed by atoms with Crippen molar-refractivity contribution in [1.29, 1.82) is 0 Å². The molecule has 0 unspecified atom stereocenters. The molecule has 2 aliphatic rings. The zero-order chi connectivity index (χ0) is 18.7. The number of benzene rings is 2. The molecule has 2 saturated heterocycles. The Kier molecular flexibility index (Phi) is 5.26. The molecule has 0 N–H and O–H groups in total. The zero-order valence-electron chi connectivity index (χ0n) is 15.7. The third-order valence-corrected chi connectivity index (χ3v) is 6.17. The fourth-order valence-electron chi connectivity index (χ4n) is 4.70. The van der Waals surface area contributed by atoms with Gasteiger partial charge in [0.2, 0.25) is 5.91 Å². The lowest BCUT2D eigenvalue weighted by atomic mass is 9.87. The van der Waals surface area contributed by atoms with Crippen LogP contribution in [0.1, 0.15) is 43.2 Å². The van der Waals surface area contributed by atoms with Crippen LogP contribution in [0.5, 0.6) is 0 Å². The van der Waals surface area contributed by atoms with Gasteiger partial charge in [0, 0.05) is 31.6 Å². The molecule has 3 nitrogen and oxygen atoms in total. The standard InChI is InChI=1S/C23H27FN2O/c24-21-9-4-8-20(16-21)17-25-14-5-11-23(13-15-25)12-10-22(27)26(23)18-19-6-2-1-3-7-19/h1-4,6-9,16H,5,10-15,17-18H2/t23-/m1/s1. The maximum Gasteiger partial charge on any atom is 0.223 e. The topological polar surface area (TPSA) is 23.6 Å². The summed E-state index contributed by atoms with van der Waals surface area (Å²) in [6.45, 7) is 3.45. The highest BCUT2D eigenvalue weighted by molar-refractivity contribution is 5.79. The van der Waals surface area contributed by atoms with E-state index in [0.29, 0.717) is 13.0 Å². The van der Waals surface area contributed by atoms with E-state index in [9.17, 15) is 9.18 Å². The molecule has 0 saturated carbocycles. The van der Waals surface area contributed by atoms with Crippen LogP contribution in [0, 0.1) is 5.82 Å². The van der Waals surface area contributed by atoms with Crippen molar-refractivity contribution in [1.82, 2.24) is 9.80 Å². The van der Waals surface area contributed by atoms with E-state index in [2.05, 4.69) is 21.9 Å². The van der Waals surface area contributed by atoms with Gasteiger partial charge in [0.05, 0.1) is 0 Å². The molecule has 0 aliphatic carbocycles. The molecule has 1 spiro atoms. The van der Waals surface area contributed by atoms with Gasteiger partial charge in [-0.15, -0.1) is 0 Å². The van der Waals surface area contributed by atoms with Crippen LogP contribution < -0.4 is 0 Å². The Balaban J connectivity index is 1.46. The van der Waals surface area contributed by atoms with Crippen LogP contribution in [-0.2, 0) is 17.9 Å². The van der Waals surface area contributed by atoms with Gasteiger partial charge in [-0.1, -0.05) is 42.5 Å². The summed E-state index contributed by atoms with van der Waals surface area (Å²) in [5.41, 5.74) is 2.21. The molecule has 1 atom stereocenters. The highest BCUT2D eigenvalue weighted by Gasteiger charge is 2.45. The second-order valence-corrected chi connectivity index (χ2v) is 7.95. The third kappa shape index (κ3) is 4.06. The van der Waals surface area contributed by atoms with Gasteiger partial charge in [-0.2, -0.15) is 0 Å². The van der Waals surface area contributed by atoms with Crippen LogP contribution in [0.4, 0.5) is 4.39 Å². The minimum Gasteiger partial charge on any atom is -0.333 e. The van der Waals surface area contributed by atoms with Crippen molar-refractivity contribution >= 4 is 5.91 Å². The molecule has 2 fully saturated rings. The Labute approximate surface area is 160 Å². The second-order valence-electron chi connectivity index (χ2n) is 7.95. The fraction of sp³-hybridized carbons (Fsp3) is 0.435. The predicted octanol–water partition coefficient (Wildman–Crippen LogP) is 4.37. The first-order valence-electron chi connectivity index (χ1n) is 9.96. The van der Waals surface area contributed by atoms with Crippen molar-refractivity contribution in [3.05, 3.63) is 71.5 Å². The summed E-state index contributed by atoms with van der Waals surface area (Å²) in [6.07, 6.45) is 4.77. The maximum atomic E-state index is 13.5.